The van der Waals surface area contributed by atoms with E-state index in [0.717, 1.165) is 58.0 Å². The summed E-state index contributed by atoms with van der Waals surface area (Å²) in [5, 5.41) is 24.1. The highest BCUT2D eigenvalue weighted by Gasteiger charge is 2.48. The molecule has 4 aromatic rings. The first kappa shape index (κ1) is 25.6. The number of carbonyl (C=O) groups excluding carboxylic acids is 1. The second kappa shape index (κ2) is 9.68. The number of hydrogen-bond donors (Lipinski definition) is 2. The van der Waals surface area contributed by atoms with Gasteiger partial charge in [0.15, 0.2) is 5.01 Å². The standard InChI is InChI=1S/C27H30N8O2S/c1-26(2,3)27(37-25(29)36)8-5-17(6-9-27)23-33-34-24(38-23)19-15-31-21(12-20(19)30-4)35-10-7-18-11-16(13-28)14-32-22(18)35/h7,10-12,14-15,17H,5-6,8-9H2,1-4H3,(H2,29,36)(H,30,31). The fraction of sp³-hybridized carbons (Fsp3) is 0.407. The molecule has 3 N–H and O–H groups in total. The second-order valence-electron chi connectivity index (χ2n) is 10.7. The summed E-state index contributed by atoms with van der Waals surface area (Å²) in [5.74, 6) is 0.949. The van der Waals surface area contributed by atoms with E-state index in [1.807, 2.05) is 36.0 Å². The summed E-state index contributed by atoms with van der Waals surface area (Å²) < 4.78 is 7.57. The topological polar surface area (TPSA) is 145 Å². The van der Waals surface area contributed by atoms with E-state index in [1.54, 1.807) is 23.7 Å². The Bertz CT molecular complexity index is 1540. The number of aromatic nitrogens is 5. The first-order valence-corrected chi connectivity index (χ1v) is 13.3. The lowest BCUT2D eigenvalue weighted by Crippen LogP contribution is -2.50. The van der Waals surface area contributed by atoms with Gasteiger partial charge in [-0.05, 0) is 37.8 Å². The Balaban J connectivity index is 1.38. The van der Waals surface area contributed by atoms with Crippen LogP contribution in [0.5, 0.6) is 0 Å². The Kier molecular flexibility index (Phi) is 6.53. The van der Waals surface area contributed by atoms with Crippen molar-refractivity contribution in [1.29, 1.82) is 5.26 Å². The molecule has 5 rings (SSSR count). The number of carbonyl (C=O) groups is 1. The van der Waals surface area contributed by atoms with Crippen molar-refractivity contribution < 1.29 is 9.53 Å². The van der Waals surface area contributed by atoms with Gasteiger partial charge < -0.3 is 15.8 Å². The molecule has 0 bridgehead atoms. The minimum absolute atomic E-state index is 0.215. The number of nitrogens with zero attached hydrogens (tertiary/aromatic N) is 6. The van der Waals surface area contributed by atoms with Crippen LogP contribution < -0.4 is 11.1 Å². The minimum Gasteiger partial charge on any atom is -0.443 e. The third-order valence-corrected chi connectivity index (χ3v) is 8.66. The largest absolute Gasteiger partial charge is 0.443 e. The van der Waals surface area contributed by atoms with Gasteiger partial charge in [0.1, 0.15) is 28.1 Å². The quantitative estimate of drug-likeness (QED) is 0.349. The van der Waals surface area contributed by atoms with E-state index < -0.39 is 11.7 Å². The van der Waals surface area contributed by atoms with E-state index in [1.165, 1.54) is 0 Å². The SMILES string of the molecule is CNc1cc(-n2ccc3cc(C#N)cnc32)ncc1-c1nnc(C2CCC(OC(N)=O)(C(C)(C)C)CC2)s1. The maximum atomic E-state index is 11.6. The van der Waals surface area contributed by atoms with Gasteiger partial charge in [0.25, 0.3) is 0 Å². The summed E-state index contributed by atoms with van der Waals surface area (Å²) in [7, 11) is 1.86. The third kappa shape index (κ3) is 4.56. The van der Waals surface area contributed by atoms with Crippen molar-refractivity contribution >= 4 is 34.2 Å². The van der Waals surface area contributed by atoms with Crippen LogP contribution in [0.1, 0.15) is 62.9 Å². The molecule has 1 aliphatic rings. The number of amides is 1. The fourth-order valence-corrected chi connectivity index (χ4v) is 6.30. The van der Waals surface area contributed by atoms with Gasteiger partial charge in [-0.1, -0.05) is 32.1 Å². The fourth-order valence-electron chi connectivity index (χ4n) is 5.26. The van der Waals surface area contributed by atoms with Crippen LogP contribution in [0.15, 0.2) is 36.8 Å². The van der Waals surface area contributed by atoms with Crippen LogP contribution in [0.4, 0.5) is 10.5 Å². The van der Waals surface area contributed by atoms with Crippen LogP contribution >= 0.6 is 11.3 Å². The first-order chi connectivity index (χ1) is 18.1. The number of nitrogens with one attached hydrogen (secondary N) is 1. The molecule has 0 aliphatic heterocycles. The number of nitrogens with two attached hydrogens (primary N) is 1. The molecule has 0 unspecified atom stereocenters. The molecule has 0 spiro atoms. The van der Waals surface area contributed by atoms with Gasteiger partial charge in [-0.25, -0.2) is 14.8 Å². The molecule has 4 heterocycles. The lowest BCUT2D eigenvalue weighted by molar-refractivity contribution is -0.0919. The van der Waals surface area contributed by atoms with Crippen LogP contribution in [0, 0.1) is 16.7 Å². The molecule has 0 atom stereocenters. The third-order valence-electron chi connectivity index (χ3n) is 7.54. The number of pyridine rings is 2. The summed E-state index contributed by atoms with van der Waals surface area (Å²) in [6, 6.07) is 7.80. The van der Waals surface area contributed by atoms with Crippen molar-refractivity contribution in [3.05, 3.63) is 47.4 Å². The molecule has 38 heavy (non-hydrogen) atoms. The molecule has 10 nitrogen and oxygen atoms in total. The van der Waals surface area contributed by atoms with Crippen molar-refractivity contribution in [2.45, 2.75) is 58.0 Å². The van der Waals surface area contributed by atoms with E-state index in [-0.39, 0.29) is 11.3 Å². The highest BCUT2D eigenvalue weighted by Crippen LogP contribution is 2.49. The van der Waals surface area contributed by atoms with Crippen LogP contribution in [0.3, 0.4) is 0 Å². The molecule has 4 aromatic heterocycles. The van der Waals surface area contributed by atoms with E-state index in [4.69, 9.17) is 20.7 Å². The number of nitriles is 1. The van der Waals surface area contributed by atoms with Crippen molar-refractivity contribution in [3.63, 3.8) is 0 Å². The molecule has 196 valence electrons. The lowest BCUT2D eigenvalue weighted by Gasteiger charge is -2.47. The van der Waals surface area contributed by atoms with Crippen LogP contribution in [0.25, 0.3) is 27.4 Å². The van der Waals surface area contributed by atoms with Crippen molar-refractivity contribution in [3.8, 4) is 22.5 Å². The molecule has 1 aliphatic carbocycles. The Morgan fingerprint density at radius 3 is 2.66 bits per heavy atom. The second-order valence-corrected chi connectivity index (χ2v) is 11.7. The van der Waals surface area contributed by atoms with E-state index in [2.05, 4.69) is 47.3 Å². The monoisotopic (exact) mass is 530 g/mol. The van der Waals surface area contributed by atoms with Gasteiger partial charge >= 0.3 is 6.09 Å². The molecule has 0 saturated heterocycles. The van der Waals surface area contributed by atoms with Crippen molar-refractivity contribution in [2.24, 2.45) is 11.1 Å². The Hall–Kier alpha value is -4.04. The van der Waals surface area contributed by atoms with Gasteiger partial charge in [0.05, 0.1) is 11.1 Å². The van der Waals surface area contributed by atoms with Gasteiger partial charge in [-0.15, -0.1) is 10.2 Å². The minimum atomic E-state index is -0.720. The number of ether oxygens (including phenoxy) is 1. The predicted molar refractivity (Wildman–Crippen MR) is 146 cm³/mol. The Morgan fingerprint density at radius 2 is 2.00 bits per heavy atom. The zero-order chi connectivity index (χ0) is 27.1. The average Bonchev–Trinajstić information content (AvgIpc) is 3.55. The molecular weight excluding hydrogens is 500 g/mol. The number of primary amides is 1. The lowest BCUT2D eigenvalue weighted by atomic mass is 9.66. The molecule has 11 heteroatoms. The maximum absolute atomic E-state index is 11.6. The summed E-state index contributed by atoms with van der Waals surface area (Å²) in [6.07, 6.45) is 7.68. The predicted octanol–water partition coefficient (Wildman–Crippen LogP) is 5.39. The van der Waals surface area contributed by atoms with E-state index in [9.17, 15) is 4.79 Å². The number of rotatable bonds is 5. The Labute approximate surface area is 224 Å². The molecule has 0 aromatic carbocycles. The van der Waals surface area contributed by atoms with Crippen molar-refractivity contribution in [2.75, 3.05) is 12.4 Å². The number of hydrogen-bond acceptors (Lipinski definition) is 9. The maximum Gasteiger partial charge on any atom is 0.405 e. The summed E-state index contributed by atoms with van der Waals surface area (Å²) in [4.78, 5) is 20.8. The first-order valence-electron chi connectivity index (χ1n) is 12.5. The summed E-state index contributed by atoms with van der Waals surface area (Å²) >= 11 is 1.57. The molecule has 1 fully saturated rings. The number of anilines is 1. The van der Waals surface area contributed by atoms with Crippen molar-refractivity contribution in [1.82, 2.24) is 24.7 Å². The van der Waals surface area contributed by atoms with E-state index >= 15 is 0 Å². The van der Waals surface area contributed by atoms with Gasteiger partial charge in [-0.2, -0.15) is 5.26 Å². The Morgan fingerprint density at radius 1 is 1.24 bits per heavy atom. The summed E-state index contributed by atoms with van der Waals surface area (Å²) in [6.45, 7) is 6.27. The van der Waals surface area contributed by atoms with Crippen LogP contribution in [-0.4, -0.2) is 43.5 Å². The van der Waals surface area contributed by atoms with Gasteiger partial charge in [0.2, 0.25) is 0 Å². The van der Waals surface area contributed by atoms with Crippen LogP contribution in [-0.2, 0) is 4.74 Å². The highest BCUT2D eigenvalue weighted by molar-refractivity contribution is 7.14. The van der Waals surface area contributed by atoms with E-state index in [0.29, 0.717) is 11.4 Å². The zero-order valence-electron chi connectivity index (χ0n) is 21.9. The molecule has 1 amide bonds. The molecule has 1 saturated carbocycles. The summed E-state index contributed by atoms with van der Waals surface area (Å²) in [5.41, 5.74) is 7.62. The highest BCUT2D eigenvalue weighted by atomic mass is 32.1. The molecular formula is C27H30N8O2S. The molecule has 0 radical (unpaired) electrons. The van der Waals surface area contributed by atoms with Gasteiger partial charge in [0, 0.05) is 54.1 Å². The van der Waals surface area contributed by atoms with Gasteiger partial charge in [-0.3, -0.25) is 4.57 Å². The smallest absolute Gasteiger partial charge is 0.405 e. The average molecular weight is 531 g/mol. The normalized spacial score (nSPS) is 19.7. The van der Waals surface area contributed by atoms with Crippen LogP contribution in [0.2, 0.25) is 0 Å². The number of fused-ring (bicyclic) bond motifs is 1. The zero-order valence-corrected chi connectivity index (χ0v) is 22.7.